The van der Waals surface area contributed by atoms with E-state index in [1.165, 1.54) is 14.0 Å². The Bertz CT molecular complexity index is 2020. The van der Waals surface area contributed by atoms with Gasteiger partial charge in [0.2, 0.25) is 11.8 Å². The normalized spacial score (nSPS) is 23.7. The Labute approximate surface area is 397 Å². The minimum absolute atomic E-state index is 0.0754. The average molecular weight is 951 g/mol. The van der Waals surface area contributed by atoms with Crippen LogP contribution in [0.1, 0.15) is 76.0 Å². The van der Waals surface area contributed by atoms with E-state index in [1.807, 2.05) is 78.9 Å². The van der Waals surface area contributed by atoms with Crippen LogP contribution in [0.4, 0.5) is 0 Å². The molecule has 3 aromatic rings. The zero-order valence-electron chi connectivity index (χ0n) is 39.8. The SMILES string of the molecule is COC(=O)C[C@H]1O[C@@H](OCCCCC(=O)NCCC[C@@H]2OC[C@H](COC(c3ccccc3)(c3ccc(OC)cc3)c3ccc(OC)cc3)[C@@H](O)[C@H]2OC)[C@H](NC(C)=O)[C@@H](OC(C)=O)[C@@H]1OC(C)=O. The number of hydrogen-bond acceptors (Lipinski definition) is 16. The molecule has 0 aromatic heterocycles. The molecule has 9 atom stereocenters. The van der Waals surface area contributed by atoms with Crippen molar-refractivity contribution in [3.8, 4) is 11.5 Å². The van der Waals surface area contributed by atoms with Gasteiger partial charge in [-0.05, 0) is 66.6 Å². The average Bonchev–Trinajstić information content (AvgIpc) is 3.33. The van der Waals surface area contributed by atoms with Gasteiger partial charge in [-0.25, -0.2) is 0 Å². The molecule has 0 unspecified atom stereocenters. The predicted octanol–water partition coefficient (Wildman–Crippen LogP) is 4.14. The molecule has 0 radical (unpaired) electrons. The molecule has 2 saturated heterocycles. The summed E-state index contributed by atoms with van der Waals surface area (Å²) in [6.45, 7) is 4.36. The second-order valence-electron chi connectivity index (χ2n) is 16.7. The number of methoxy groups -OCH3 is 4. The zero-order chi connectivity index (χ0) is 49.2. The monoisotopic (exact) mass is 950 g/mol. The van der Waals surface area contributed by atoms with Gasteiger partial charge in [-0.2, -0.15) is 0 Å². The Morgan fingerprint density at radius 3 is 1.90 bits per heavy atom. The molecule has 18 nitrogen and oxygen atoms in total. The van der Waals surface area contributed by atoms with Crippen LogP contribution in [0.15, 0.2) is 78.9 Å². The number of esters is 3. The van der Waals surface area contributed by atoms with E-state index in [-0.39, 0.29) is 38.6 Å². The van der Waals surface area contributed by atoms with Crippen molar-refractivity contribution in [1.82, 2.24) is 10.6 Å². The van der Waals surface area contributed by atoms with Crippen molar-refractivity contribution < 1.29 is 76.4 Å². The summed E-state index contributed by atoms with van der Waals surface area (Å²) in [6.07, 6.45) is -5.07. The molecule has 2 aliphatic rings. The molecule has 68 heavy (non-hydrogen) atoms. The largest absolute Gasteiger partial charge is 0.497 e. The minimum Gasteiger partial charge on any atom is -0.497 e. The number of rotatable bonds is 24. The Balaban J connectivity index is 1.12. The molecule has 18 heteroatoms. The molecule has 2 aliphatic heterocycles. The fraction of sp³-hybridized carbons (Fsp3) is 0.540. The Hall–Kier alpha value is -5.63. The summed E-state index contributed by atoms with van der Waals surface area (Å²) in [7, 11) is 5.97. The van der Waals surface area contributed by atoms with E-state index in [4.69, 9.17) is 47.4 Å². The van der Waals surface area contributed by atoms with E-state index in [0.717, 1.165) is 30.5 Å². The van der Waals surface area contributed by atoms with Crippen molar-refractivity contribution >= 4 is 29.7 Å². The number of hydrogen-bond donors (Lipinski definition) is 3. The van der Waals surface area contributed by atoms with E-state index in [2.05, 4.69) is 10.6 Å². The number of nitrogens with one attached hydrogen (secondary N) is 2. The van der Waals surface area contributed by atoms with Gasteiger partial charge in [0.1, 0.15) is 35.3 Å². The third kappa shape index (κ3) is 14.2. The smallest absolute Gasteiger partial charge is 0.308 e. The third-order valence-corrected chi connectivity index (χ3v) is 12.0. The highest BCUT2D eigenvalue weighted by Crippen LogP contribution is 2.43. The highest BCUT2D eigenvalue weighted by atomic mass is 16.7. The molecule has 0 spiro atoms. The standard InChI is InChI=1S/C50H66N2O16/c1-31(53)52-44-48(67-33(3)55)47(66-32(2)54)41(28-43(57)61-6)68-49(44)63-27-12-11-17-42(56)51-26-13-16-40-46(62-7)45(58)34(29-64-40)30-65-50(35-14-9-8-10-15-35,36-18-22-38(59-4)23-19-36)37-20-24-39(60-5)25-21-37/h8-10,14-15,18-25,34,40-41,44-49,58H,11-13,16-17,26-30H2,1-7H3,(H,51,56)(H,52,53)/t34-,40+,41-,44-,45-,46+,47-,48-,49-/m1/s1. The molecule has 3 N–H and O–H groups in total. The van der Waals surface area contributed by atoms with Gasteiger partial charge in [-0.15, -0.1) is 0 Å². The highest BCUT2D eigenvalue weighted by molar-refractivity contribution is 5.76. The first-order valence-corrected chi connectivity index (χ1v) is 22.8. The summed E-state index contributed by atoms with van der Waals surface area (Å²) < 4.78 is 57.9. The quantitative estimate of drug-likeness (QED) is 0.0497. The molecule has 0 saturated carbocycles. The molecule has 3 aromatic carbocycles. The number of unbranched alkanes of at least 4 members (excludes halogenated alkanes) is 1. The van der Waals surface area contributed by atoms with Crippen molar-refractivity contribution in [3.63, 3.8) is 0 Å². The number of aliphatic hydroxyl groups excluding tert-OH is 1. The number of aliphatic hydroxyl groups is 1. The van der Waals surface area contributed by atoms with Crippen LogP contribution in [0.2, 0.25) is 0 Å². The van der Waals surface area contributed by atoms with E-state index in [0.29, 0.717) is 43.7 Å². The fourth-order valence-electron chi connectivity index (χ4n) is 8.64. The summed E-state index contributed by atoms with van der Waals surface area (Å²) >= 11 is 0. The van der Waals surface area contributed by atoms with E-state index < -0.39 is 84.3 Å². The van der Waals surface area contributed by atoms with Crippen molar-refractivity contribution in [1.29, 1.82) is 0 Å². The summed E-state index contributed by atoms with van der Waals surface area (Å²) in [5, 5.41) is 17.3. The first-order chi connectivity index (χ1) is 32.7. The molecule has 0 aliphatic carbocycles. The molecule has 372 valence electrons. The lowest BCUT2D eigenvalue weighted by Gasteiger charge is -2.45. The number of carbonyl (C=O) groups excluding carboxylic acids is 5. The first kappa shape index (κ1) is 53.3. The van der Waals surface area contributed by atoms with Gasteiger partial charge in [0, 0.05) is 53.4 Å². The zero-order valence-corrected chi connectivity index (χ0v) is 39.8. The summed E-state index contributed by atoms with van der Waals surface area (Å²) in [4.78, 5) is 61.5. The Kier molecular flexibility index (Phi) is 20.6. The van der Waals surface area contributed by atoms with Gasteiger partial charge < -0.3 is 63.1 Å². The van der Waals surface area contributed by atoms with Crippen molar-refractivity contribution in [2.75, 3.05) is 54.8 Å². The van der Waals surface area contributed by atoms with E-state index in [1.54, 1.807) is 21.3 Å². The topological polar surface area (TPSA) is 222 Å². The van der Waals surface area contributed by atoms with Crippen LogP contribution in [-0.4, -0.2) is 139 Å². The predicted molar refractivity (Wildman–Crippen MR) is 244 cm³/mol. The number of ether oxygens (including phenoxy) is 10. The van der Waals surface area contributed by atoms with Gasteiger partial charge >= 0.3 is 17.9 Å². The van der Waals surface area contributed by atoms with Crippen LogP contribution in [0.5, 0.6) is 11.5 Å². The number of amides is 2. The molecule has 5 rings (SSSR count). The molecular formula is C50H66N2O16. The molecule has 2 fully saturated rings. The lowest BCUT2D eigenvalue weighted by molar-refractivity contribution is -0.272. The lowest BCUT2D eigenvalue weighted by Crippen LogP contribution is -2.66. The highest BCUT2D eigenvalue weighted by Gasteiger charge is 2.51. The van der Waals surface area contributed by atoms with Crippen LogP contribution < -0.4 is 20.1 Å². The summed E-state index contributed by atoms with van der Waals surface area (Å²) in [6, 6.07) is 24.3. The maximum absolute atomic E-state index is 12.8. The lowest BCUT2D eigenvalue weighted by atomic mass is 9.79. The molecular weight excluding hydrogens is 885 g/mol. The summed E-state index contributed by atoms with van der Waals surface area (Å²) in [5.74, 6) is -1.82. The van der Waals surface area contributed by atoms with Gasteiger partial charge in [-0.1, -0.05) is 54.6 Å². The van der Waals surface area contributed by atoms with Crippen molar-refractivity contribution in [2.24, 2.45) is 5.92 Å². The van der Waals surface area contributed by atoms with Gasteiger partial charge in [-0.3, -0.25) is 24.0 Å². The second-order valence-corrected chi connectivity index (χ2v) is 16.7. The molecule has 2 heterocycles. The van der Waals surface area contributed by atoms with E-state index in [9.17, 15) is 29.1 Å². The fourth-order valence-corrected chi connectivity index (χ4v) is 8.64. The second kappa shape index (κ2) is 26.2. The number of benzene rings is 3. The van der Waals surface area contributed by atoms with Crippen LogP contribution >= 0.6 is 0 Å². The van der Waals surface area contributed by atoms with Crippen molar-refractivity contribution in [3.05, 3.63) is 95.6 Å². The Morgan fingerprint density at radius 1 is 0.735 bits per heavy atom. The maximum atomic E-state index is 12.8. The van der Waals surface area contributed by atoms with Crippen LogP contribution in [0.25, 0.3) is 0 Å². The number of carbonyl (C=O) groups is 5. The Morgan fingerprint density at radius 2 is 1.34 bits per heavy atom. The molecule has 0 bridgehead atoms. The van der Waals surface area contributed by atoms with Crippen LogP contribution in [0, 0.1) is 5.92 Å². The minimum atomic E-state index is -1.26. The van der Waals surface area contributed by atoms with Gasteiger partial charge in [0.25, 0.3) is 0 Å². The third-order valence-electron chi connectivity index (χ3n) is 12.0. The molecule has 2 amide bonds. The van der Waals surface area contributed by atoms with Crippen LogP contribution in [0.3, 0.4) is 0 Å². The van der Waals surface area contributed by atoms with Gasteiger partial charge in [0.05, 0.1) is 53.2 Å². The summed E-state index contributed by atoms with van der Waals surface area (Å²) in [5.41, 5.74) is 1.54. The van der Waals surface area contributed by atoms with Gasteiger partial charge in [0.15, 0.2) is 18.5 Å². The van der Waals surface area contributed by atoms with E-state index >= 15 is 0 Å². The van der Waals surface area contributed by atoms with Crippen LogP contribution in [-0.2, 0) is 67.5 Å². The van der Waals surface area contributed by atoms with Crippen molar-refractivity contribution in [2.45, 2.75) is 114 Å². The first-order valence-electron chi connectivity index (χ1n) is 22.8. The maximum Gasteiger partial charge on any atom is 0.308 e.